The molecule has 0 aliphatic rings. The molecule has 0 saturated heterocycles. The molecule has 3 aromatic heterocycles. The predicted octanol–water partition coefficient (Wildman–Crippen LogP) is 5.18. The van der Waals surface area contributed by atoms with Gasteiger partial charge >= 0.3 is 0 Å². The van der Waals surface area contributed by atoms with Crippen molar-refractivity contribution in [1.82, 2.24) is 4.98 Å². The minimum absolute atomic E-state index is 1.06. The summed E-state index contributed by atoms with van der Waals surface area (Å²) in [5, 5.41) is 3.35. The van der Waals surface area contributed by atoms with E-state index in [-0.39, 0.29) is 0 Å². The molecule has 0 amide bonds. The molecular weight excluding hydrogens is 258 g/mol. The van der Waals surface area contributed by atoms with Crippen molar-refractivity contribution >= 4 is 43.0 Å². The number of benzene rings is 1. The zero-order chi connectivity index (χ0) is 11.9. The Kier molecular flexibility index (Phi) is 2.22. The molecular formula is C15H9NS2. The van der Waals surface area contributed by atoms with Gasteiger partial charge in [-0.1, -0.05) is 12.1 Å². The molecule has 0 fully saturated rings. The highest BCUT2D eigenvalue weighted by atomic mass is 32.1. The van der Waals surface area contributed by atoms with Crippen LogP contribution in [0.4, 0.5) is 0 Å². The van der Waals surface area contributed by atoms with Crippen LogP contribution in [0.15, 0.2) is 54.0 Å². The second-order valence-electron chi connectivity index (χ2n) is 4.17. The molecule has 1 nitrogen and oxygen atoms in total. The maximum absolute atomic E-state index is 4.35. The minimum atomic E-state index is 1.06. The lowest BCUT2D eigenvalue weighted by molar-refractivity contribution is 1.41. The van der Waals surface area contributed by atoms with Crippen LogP contribution in [-0.4, -0.2) is 4.98 Å². The summed E-state index contributed by atoms with van der Waals surface area (Å²) in [7, 11) is 0. The number of aromatic nitrogens is 1. The van der Waals surface area contributed by atoms with Gasteiger partial charge in [-0.3, -0.25) is 4.98 Å². The lowest BCUT2D eigenvalue weighted by Crippen LogP contribution is -1.78. The van der Waals surface area contributed by atoms with Gasteiger partial charge in [0.2, 0.25) is 0 Å². The summed E-state index contributed by atoms with van der Waals surface area (Å²) in [5.41, 5.74) is 2.34. The minimum Gasteiger partial charge on any atom is -0.256 e. The molecule has 0 atom stereocenters. The summed E-state index contributed by atoms with van der Waals surface area (Å²) < 4.78 is 2.75. The summed E-state index contributed by atoms with van der Waals surface area (Å²) in [5.74, 6) is 0. The van der Waals surface area contributed by atoms with Gasteiger partial charge in [0.15, 0.2) is 0 Å². The van der Waals surface area contributed by atoms with Crippen LogP contribution >= 0.6 is 22.7 Å². The lowest BCUT2D eigenvalue weighted by atomic mass is 10.1. The van der Waals surface area contributed by atoms with E-state index in [1.54, 1.807) is 11.3 Å². The number of fused-ring (bicyclic) bond motifs is 2. The SMILES string of the molecule is c1cnc2ccc(-c3cc4sccc4s3)cc2c1. The van der Waals surface area contributed by atoms with E-state index >= 15 is 0 Å². The fourth-order valence-electron chi connectivity index (χ4n) is 2.14. The fraction of sp³-hybridized carbons (Fsp3) is 0. The number of hydrogen-bond donors (Lipinski definition) is 0. The van der Waals surface area contributed by atoms with Crippen LogP contribution in [0.5, 0.6) is 0 Å². The average molecular weight is 267 g/mol. The molecule has 0 aliphatic carbocycles. The van der Waals surface area contributed by atoms with Crippen LogP contribution < -0.4 is 0 Å². The average Bonchev–Trinajstić information content (AvgIpc) is 2.99. The summed E-state index contributed by atoms with van der Waals surface area (Å²) in [6.45, 7) is 0. The molecule has 1 aromatic carbocycles. The number of thiophene rings is 2. The van der Waals surface area contributed by atoms with Gasteiger partial charge in [-0.2, -0.15) is 0 Å². The van der Waals surface area contributed by atoms with E-state index in [0.717, 1.165) is 5.52 Å². The van der Waals surface area contributed by atoms with Crippen molar-refractivity contribution in [3.8, 4) is 10.4 Å². The molecule has 0 radical (unpaired) electrons. The van der Waals surface area contributed by atoms with Crippen molar-refractivity contribution in [3.05, 3.63) is 54.0 Å². The molecule has 18 heavy (non-hydrogen) atoms. The van der Waals surface area contributed by atoms with E-state index in [2.05, 4.69) is 46.8 Å². The molecule has 3 heterocycles. The molecule has 0 unspecified atom stereocenters. The van der Waals surface area contributed by atoms with Crippen molar-refractivity contribution in [1.29, 1.82) is 0 Å². The maximum atomic E-state index is 4.35. The first-order valence-electron chi connectivity index (χ1n) is 5.72. The Morgan fingerprint density at radius 2 is 1.94 bits per heavy atom. The zero-order valence-electron chi connectivity index (χ0n) is 9.46. The van der Waals surface area contributed by atoms with Gasteiger partial charge in [0.25, 0.3) is 0 Å². The van der Waals surface area contributed by atoms with Crippen molar-refractivity contribution in [3.63, 3.8) is 0 Å². The van der Waals surface area contributed by atoms with Crippen LogP contribution in [0.25, 0.3) is 30.7 Å². The normalized spacial score (nSPS) is 11.3. The van der Waals surface area contributed by atoms with Gasteiger partial charge in [-0.05, 0) is 41.3 Å². The first-order chi connectivity index (χ1) is 8.90. The molecule has 3 heteroatoms. The fourth-order valence-corrected chi connectivity index (χ4v) is 4.24. The van der Waals surface area contributed by atoms with Gasteiger partial charge in [0, 0.05) is 25.9 Å². The molecule has 4 aromatic rings. The van der Waals surface area contributed by atoms with Crippen LogP contribution in [0.1, 0.15) is 0 Å². The number of pyridine rings is 1. The Morgan fingerprint density at radius 1 is 0.944 bits per heavy atom. The Hall–Kier alpha value is -1.71. The van der Waals surface area contributed by atoms with Crippen molar-refractivity contribution in [2.75, 3.05) is 0 Å². The summed E-state index contributed by atoms with van der Waals surface area (Å²) >= 11 is 3.66. The number of nitrogens with zero attached hydrogens (tertiary/aromatic N) is 1. The van der Waals surface area contributed by atoms with Gasteiger partial charge in [0.1, 0.15) is 0 Å². The lowest BCUT2D eigenvalue weighted by Gasteiger charge is -2.00. The van der Waals surface area contributed by atoms with Crippen LogP contribution in [0.2, 0.25) is 0 Å². The molecule has 0 aliphatic heterocycles. The highest BCUT2D eigenvalue weighted by Crippen LogP contribution is 2.36. The Morgan fingerprint density at radius 3 is 2.89 bits per heavy atom. The molecule has 0 N–H and O–H groups in total. The monoisotopic (exact) mass is 267 g/mol. The van der Waals surface area contributed by atoms with E-state index in [1.165, 1.54) is 25.2 Å². The molecule has 86 valence electrons. The third kappa shape index (κ3) is 1.55. The second-order valence-corrected chi connectivity index (χ2v) is 6.20. The number of rotatable bonds is 1. The van der Waals surface area contributed by atoms with E-state index in [1.807, 2.05) is 23.6 Å². The van der Waals surface area contributed by atoms with Crippen LogP contribution in [-0.2, 0) is 0 Å². The molecule has 0 saturated carbocycles. The second kappa shape index (κ2) is 3.90. The van der Waals surface area contributed by atoms with Crippen LogP contribution in [0, 0.1) is 0 Å². The van der Waals surface area contributed by atoms with E-state index in [4.69, 9.17) is 0 Å². The number of hydrogen-bond acceptors (Lipinski definition) is 3. The third-order valence-electron chi connectivity index (χ3n) is 3.03. The van der Waals surface area contributed by atoms with Gasteiger partial charge < -0.3 is 0 Å². The summed E-state index contributed by atoms with van der Waals surface area (Å²) in [4.78, 5) is 5.69. The van der Waals surface area contributed by atoms with Crippen molar-refractivity contribution in [2.24, 2.45) is 0 Å². The zero-order valence-corrected chi connectivity index (χ0v) is 11.1. The van der Waals surface area contributed by atoms with Gasteiger partial charge in [-0.25, -0.2) is 0 Å². The van der Waals surface area contributed by atoms with E-state index in [0.29, 0.717) is 0 Å². The quantitative estimate of drug-likeness (QED) is 0.463. The molecule has 0 spiro atoms. The maximum Gasteiger partial charge on any atom is 0.0702 e. The highest BCUT2D eigenvalue weighted by Gasteiger charge is 2.05. The van der Waals surface area contributed by atoms with Gasteiger partial charge in [0.05, 0.1) is 5.52 Å². The topological polar surface area (TPSA) is 12.9 Å². The van der Waals surface area contributed by atoms with Crippen LogP contribution in [0.3, 0.4) is 0 Å². The Labute approximate surface area is 112 Å². The third-order valence-corrected chi connectivity index (χ3v) is 5.17. The Balaban J connectivity index is 1.93. The summed E-state index contributed by atoms with van der Waals surface area (Å²) in [6.07, 6.45) is 1.84. The Bertz CT molecular complexity index is 813. The predicted molar refractivity (Wildman–Crippen MR) is 80.4 cm³/mol. The highest BCUT2D eigenvalue weighted by molar-refractivity contribution is 7.28. The van der Waals surface area contributed by atoms with Crippen molar-refractivity contribution < 1.29 is 0 Å². The van der Waals surface area contributed by atoms with E-state index in [9.17, 15) is 0 Å². The van der Waals surface area contributed by atoms with E-state index < -0.39 is 0 Å². The largest absolute Gasteiger partial charge is 0.256 e. The smallest absolute Gasteiger partial charge is 0.0702 e. The molecule has 0 bridgehead atoms. The summed E-state index contributed by atoms with van der Waals surface area (Å²) in [6, 6.07) is 15.0. The van der Waals surface area contributed by atoms with Crippen molar-refractivity contribution in [2.45, 2.75) is 0 Å². The standard InChI is InChI=1S/C15H9NS2/c1-2-10-8-11(3-4-12(10)16-6-1)14-9-15-13(18-14)5-7-17-15/h1-9H. The van der Waals surface area contributed by atoms with Gasteiger partial charge in [-0.15, -0.1) is 22.7 Å². The molecule has 4 rings (SSSR count). The first-order valence-corrected chi connectivity index (χ1v) is 7.42. The first kappa shape index (κ1) is 10.2.